The molecule has 2 N–H and O–H groups in total. The van der Waals surface area contributed by atoms with Crippen molar-refractivity contribution in [1.82, 2.24) is 9.97 Å². The minimum atomic E-state index is -4.62. The molecule has 31 heavy (non-hydrogen) atoms. The molecular weight excluding hydrogens is 435 g/mol. The molecule has 7 nitrogen and oxygen atoms in total. The number of halogens is 4. The molecule has 4 rings (SSSR count). The maximum atomic E-state index is 13.3. The van der Waals surface area contributed by atoms with Gasteiger partial charge in [-0.2, -0.15) is 18.2 Å². The third kappa shape index (κ3) is 4.85. The molecular formula is C20H21ClF3N5O2. The molecule has 0 unspecified atom stereocenters. The summed E-state index contributed by atoms with van der Waals surface area (Å²) in [4.78, 5) is 23.3. The van der Waals surface area contributed by atoms with Gasteiger partial charge in [0.1, 0.15) is 12.4 Å². The number of amides is 2. The summed E-state index contributed by atoms with van der Waals surface area (Å²) in [7, 11) is 0. The minimum absolute atomic E-state index is 0.00214. The number of aromatic nitrogens is 2. The lowest BCUT2D eigenvalue weighted by Crippen LogP contribution is -2.51. The van der Waals surface area contributed by atoms with Gasteiger partial charge in [0.25, 0.3) is 0 Å². The summed E-state index contributed by atoms with van der Waals surface area (Å²) in [5, 5.41) is 13.0. The molecule has 2 amide bonds. The Balaban J connectivity index is 1.65. The van der Waals surface area contributed by atoms with Gasteiger partial charge in [0.2, 0.25) is 5.95 Å². The van der Waals surface area contributed by atoms with Gasteiger partial charge in [0.15, 0.2) is 0 Å². The Labute approximate surface area is 181 Å². The highest BCUT2D eigenvalue weighted by molar-refractivity contribution is 6.34. The Morgan fingerprint density at radius 1 is 1.19 bits per heavy atom. The molecule has 1 saturated carbocycles. The first-order chi connectivity index (χ1) is 14.7. The quantitative estimate of drug-likeness (QED) is 0.716. The first-order valence-corrected chi connectivity index (χ1v) is 10.3. The van der Waals surface area contributed by atoms with E-state index in [1.807, 2.05) is 0 Å². The van der Waals surface area contributed by atoms with Gasteiger partial charge in [0, 0.05) is 17.8 Å². The molecule has 0 spiro atoms. The number of fused-ring (bicyclic) bond motifs is 1. The van der Waals surface area contributed by atoms with Crippen molar-refractivity contribution in [3.63, 3.8) is 0 Å². The second-order valence-corrected chi connectivity index (χ2v) is 8.12. The predicted octanol–water partition coefficient (Wildman–Crippen LogP) is 4.35. The fourth-order valence-corrected chi connectivity index (χ4v) is 4.11. The van der Waals surface area contributed by atoms with Gasteiger partial charge in [-0.1, -0.05) is 23.7 Å². The molecule has 1 aliphatic heterocycles. The van der Waals surface area contributed by atoms with E-state index in [0.717, 1.165) is 0 Å². The highest BCUT2D eigenvalue weighted by Gasteiger charge is 2.41. The van der Waals surface area contributed by atoms with E-state index >= 15 is 0 Å². The van der Waals surface area contributed by atoms with Crippen LogP contribution in [0.25, 0.3) is 0 Å². The van der Waals surface area contributed by atoms with Crippen LogP contribution < -0.4 is 15.1 Å². The van der Waals surface area contributed by atoms with E-state index < -0.39 is 18.8 Å². The number of nitrogens with zero attached hydrogens (tertiary/aromatic N) is 4. The Morgan fingerprint density at radius 2 is 1.90 bits per heavy atom. The molecule has 0 atom stereocenters. The zero-order valence-corrected chi connectivity index (χ0v) is 17.2. The number of hydrogen-bond donors (Lipinski definition) is 2. The van der Waals surface area contributed by atoms with E-state index in [-0.39, 0.29) is 35.5 Å². The van der Waals surface area contributed by atoms with Gasteiger partial charge >= 0.3 is 12.2 Å². The van der Waals surface area contributed by atoms with Crippen LogP contribution in [0.1, 0.15) is 31.2 Å². The zero-order chi connectivity index (χ0) is 22.2. The average Bonchev–Trinajstić information content (AvgIpc) is 2.72. The van der Waals surface area contributed by atoms with Crippen LogP contribution in [-0.4, -0.2) is 46.0 Å². The number of rotatable bonds is 4. The maximum Gasteiger partial charge on any atom is 0.406 e. The van der Waals surface area contributed by atoms with Crippen molar-refractivity contribution >= 4 is 35.1 Å². The highest BCUT2D eigenvalue weighted by Crippen LogP contribution is 2.36. The van der Waals surface area contributed by atoms with Gasteiger partial charge in [-0.05, 0) is 37.8 Å². The van der Waals surface area contributed by atoms with Crippen molar-refractivity contribution in [2.24, 2.45) is 0 Å². The minimum Gasteiger partial charge on any atom is -0.393 e. The number of benzene rings is 1. The molecule has 166 valence electrons. The topological polar surface area (TPSA) is 81.6 Å². The van der Waals surface area contributed by atoms with Gasteiger partial charge in [0.05, 0.1) is 23.4 Å². The monoisotopic (exact) mass is 455 g/mol. The van der Waals surface area contributed by atoms with Crippen LogP contribution in [0.4, 0.5) is 35.4 Å². The van der Waals surface area contributed by atoms with Crippen molar-refractivity contribution in [3.8, 4) is 0 Å². The van der Waals surface area contributed by atoms with E-state index in [2.05, 4.69) is 15.3 Å². The summed E-state index contributed by atoms with van der Waals surface area (Å²) in [6, 6.07) is 5.62. The third-order valence-corrected chi connectivity index (χ3v) is 5.72. The molecule has 1 aromatic carbocycles. The van der Waals surface area contributed by atoms with Crippen molar-refractivity contribution in [2.75, 3.05) is 21.7 Å². The average molecular weight is 456 g/mol. The van der Waals surface area contributed by atoms with E-state index in [1.54, 1.807) is 24.3 Å². The number of anilines is 3. The van der Waals surface area contributed by atoms with Crippen molar-refractivity contribution < 1.29 is 23.1 Å². The van der Waals surface area contributed by atoms with Crippen LogP contribution in [0.15, 0.2) is 30.5 Å². The number of aliphatic hydroxyl groups is 1. The van der Waals surface area contributed by atoms with Crippen LogP contribution in [0, 0.1) is 0 Å². The molecule has 0 saturated heterocycles. The van der Waals surface area contributed by atoms with Gasteiger partial charge in [-0.25, -0.2) is 9.78 Å². The third-order valence-electron chi connectivity index (χ3n) is 5.40. The predicted molar refractivity (Wildman–Crippen MR) is 110 cm³/mol. The largest absolute Gasteiger partial charge is 0.406 e. The number of carbonyl (C=O) groups excluding carboxylic acids is 1. The van der Waals surface area contributed by atoms with Crippen molar-refractivity contribution in [2.45, 2.75) is 50.6 Å². The lowest BCUT2D eigenvalue weighted by Gasteiger charge is -2.36. The number of alkyl halides is 3. The van der Waals surface area contributed by atoms with Crippen LogP contribution in [-0.2, 0) is 6.54 Å². The van der Waals surface area contributed by atoms with Crippen LogP contribution in [0.5, 0.6) is 0 Å². The highest BCUT2D eigenvalue weighted by atomic mass is 35.5. The lowest BCUT2D eigenvalue weighted by molar-refractivity contribution is -0.118. The summed E-state index contributed by atoms with van der Waals surface area (Å²) < 4.78 is 39.9. The fourth-order valence-electron chi connectivity index (χ4n) is 3.87. The number of hydrogen-bond acceptors (Lipinski definition) is 5. The molecule has 2 aliphatic rings. The number of para-hydroxylation sites is 1. The van der Waals surface area contributed by atoms with Crippen molar-refractivity contribution in [1.29, 1.82) is 0 Å². The van der Waals surface area contributed by atoms with E-state index in [9.17, 15) is 23.1 Å². The van der Waals surface area contributed by atoms with Crippen molar-refractivity contribution in [3.05, 3.63) is 41.0 Å². The summed E-state index contributed by atoms with van der Waals surface area (Å²) in [6.07, 6.45) is -0.850. The standard InChI is InChI=1S/C20H21ClF3N5O2/c21-15-3-1-2-4-16(15)28-10-12-9-25-18(26-13-5-7-14(30)8-6-13)27-17(12)29(19(28)31)11-20(22,23)24/h1-4,9,13-14,30H,5-8,10-11H2,(H,25,26,27). The van der Waals surface area contributed by atoms with Gasteiger partial charge in [-0.3, -0.25) is 9.80 Å². The summed E-state index contributed by atoms with van der Waals surface area (Å²) >= 11 is 6.18. The van der Waals surface area contributed by atoms with E-state index in [4.69, 9.17) is 11.6 Å². The first-order valence-electron chi connectivity index (χ1n) is 9.92. The Morgan fingerprint density at radius 3 is 2.58 bits per heavy atom. The number of nitrogens with one attached hydrogen (secondary N) is 1. The normalized spacial score (nSPS) is 21.8. The number of urea groups is 1. The molecule has 0 bridgehead atoms. The van der Waals surface area contributed by atoms with Gasteiger partial charge < -0.3 is 10.4 Å². The number of carbonyl (C=O) groups is 1. The summed E-state index contributed by atoms with van der Waals surface area (Å²) in [5.41, 5.74) is 0.698. The Kier molecular flexibility index (Phi) is 5.94. The lowest BCUT2D eigenvalue weighted by atomic mass is 9.93. The fraction of sp³-hybridized carbons (Fsp3) is 0.450. The smallest absolute Gasteiger partial charge is 0.393 e. The van der Waals surface area contributed by atoms with Gasteiger partial charge in [-0.15, -0.1) is 0 Å². The molecule has 2 aromatic rings. The zero-order valence-electron chi connectivity index (χ0n) is 16.4. The molecule has 1 fully saturated rings. The van der Waals surface area contributed by atoms with E-state index in [1.165, 1.54) is 11.1 Å². The Hall–Kier alpha value is -2.59. The Bertz CT molecular complexity index is 966. The van der Waals surface area contributed by atoms with Crippen LogP contribution in [0.3, 0.4) is 0 Å². The summed E-state index contributed by atoms with van der Waals surface area (Å²) in [6.45, 7) is -1.48. The second kappa shape index (κ2) is 8.51. The number of aliphatic hydroxyl groups excluding tert-OH is 1. The maximum absolute atomic E-state index is 13.3. The molecule has 2 heterocycles. The molecule has 1 aromatic heterocycles. The SMILES string of the molecule is O=C1N(c2ccccc2Cl)Cc2cnc(NC3CCC(O)CC3)nc2N1CC(F)(F)F. The first kappa shape index (κ1) is 21.6. The van der Waals surface area contributed by atoms with Crippen LogP contribution in [0.2, 0.25) is 5.02 Å². The molecule has 1 aliphatic carbocycles. The van der Waals surface area contributed by atoms with Crippen LogP contribution >= 0.6 is 11.6 Å². The molecule has 11 heteroatoms. The summed E-state index contributed by atoms with van der Waals surface area (Å²) in [5.74, 6) is 0.0882. The van der Waals surface area contributed by atoms with E-state index in [0.29, 0.717) is 41.8 Å². The molecule has 0 radical (unpaired) electrons. The second-order valence-electron chi connectivity index (χ2n) is 7.71.